The molecule has 120 valence electrons. The molecule has 4 nitrogen and oxygen atoms in total. The van der Waals surface area contributed by atoms with Gasteiger partial charge in [0, 0.05) is 35.4 Å². The fourth-order valence-corrected chi connectivity index (χ4v) is 3.72. The van der Waals surface area contributed by atoms with Crippen LogP contribution in [0.4, 0.5) is 0 Å². The molecule has 1 aliphatic carbocycles. The summed E-state index contributed by atoms with van der Waals surface area (Å²) in [6, 6.07) is 0.161. The maximum atomic E-state index is 11.1. The second-order valence-corrected chi connectivity index (χ2v) is 7.51. The maximum Gasteiger partial charge on any atom is 0.0897 e. The van der Waals surface area contributed by atoms with Crippen molar-refractivity contribution in [3.63, 3.8) is 0 Å². The Labute approximate surface area is 126 Å². The Morgan fingerprint density at radius 3 is 2.75 bits per heavy atom. The van der Waals surface area contributed by atoms with E-state index < -0.39 is 16.9 Å². The highest BCUT2D eigenvalue weighted by Crippen LogP contribution is 2.29. The molecule has 0 aromatic carbocycles. The highest BCUT2D eigenvalue weighted by Gasteiger charge is 2.24. The average Bonchev–Trinajstić information content (AvgIpc) is 2.42. The van der Waals surface area contributed by atoms with Gasteiger partial charge in [0.25, 0.3) is 0 Å². The zero-order valence-corrected chi connectivity index (χ0v) is 14.0. The number of nitrogens with one attached hydrogen (secondary N) is 1. The topological polar surface area (TPSA) is 58.6 Å². The van der Waals surface area contributed by atoms with E-state index in [4.69, 9.17) is 4.74 Å². The lowest BCUT2D eigenvalue weighted by Crippen LogP contribution is -2.39. The van der Waals surface area contributed by atoms with Crippen LogP contribution in [-0.4, -0.2) is 52.7 Å². The summed E-state index contributed by atoms with van der Waals surface area (Å²) >= 11 is 0. The molecule has 1 fully saturated rings. The molecule has 0 radical (unpaired) electrons. The third-order valence-corrected chi connectivity index (χ3v) is 5.02. The van der Waals surface area contributed by atoms with Crippen molar-refractivity contribution in [3.05, 3.63) is 0 Å². The first kappa shape index (κ1) is 18.1. The van der Waals surface area contributed by atoms with Gasteiger partial charge in [-0.3, -0.25) is 4.21 Å². The van der Waals surface area contributed by atoms with Crippen LogP contribution in [0.5, 0.6) is 0 Å². The summed E-state index contributed by atoms with van der Waals surface area (Å²) < 4.78 is 17.0. The minimum absolute atomic E-state index is 0.161. The third-order valence-electron chi connectivity index (χ3n) is 4.05. The molecule has 0 amide bonds. The van der Waals surface area contributed by atoms with Crippen LogP contribution in [0.15, 0.2) is 0 Å². The largest absolute Gasteiger partial charge is 0.389 e. The van der Waals surface area contributed by atoms with Crippen LogP contribution in [0, 0.1) is 5.92 Å². The van der Waals surface area contributed by atoms with Gasteiger partial charge in [-0.15, -0.1) is 0 Å². The summed E-state index contributed by atoms with van der Waals surface area (Å²) in [7, 11) is -0.799. The number of hydrogen-bond donors (Lipinski definition) is 2. The van der Waals surface area contributed by atoms with Crippen LogP contribution >= 0.6 is 0 Å². The van der Waals surface area contributed by atoms with E-state index in [-0.39, 0.29) is 6.04 Å². The van der Waals surface area contributed by atoms with Crippen LogP contribution in [-0.2, 0) is 15.5 Å². The molecule has 0 saturated heterocycles. The van der Waals surface area contributed by atoms with E-state index in [1.54, 1.807) is 6.26 Å². The van der Waals surface area contributed by atoms with E-state index in [9.17, 15) is 9.32 Å². The molecule has 5 unspecified atom stereocenters. The zero-order valence-electron chi connectivity index (χ0n) is 13.1. The van der Waals surface area contributed by atoms with Gasteiger partial charge in [-0.2, -0.15) is 0 Å². The minimum Gasteiger partial charge on any atom is -0.389 e. The van der Waals surface area contributed by atoms with E-state index in [0.717, 1.165) is 6.42 Å². The number of ether oxygens (including phenoxy) is 1. The summed E-state index contributed by atoms with van der Waals surface area (Å²) in [5.41, 5.74) is 0. The highest BCUT2D eigenvalue weighted by atomic mass is 32.2. The summed E-state index contributed by atoms with van der Waals surface area (Å²) in [5.74, 6) is 1.28. The normalized spacial score (nSPS) is 28.0. The van der Waals surface area contributed by atoms with E-state index in [1.165, 1.54) is 25.7 Å². The Kier molecular flexibility index (Phi) is 8.93. The first-order valence-electron chi connectivity index (χ1n) is 7.86. The SMILES string of the molecule is CCC1CCCCC1OCC(O)CNC(C)CS(C)=O. The molecule has 0 bridgehead atoms. The van der Waals surface area contributed by atoms with Gasteiger partial charge < -0.3 is 15.2 Å². The summed E-state index contributed by atoms with van der Waals surface area (Å²) in [5, 5.41) is 13.2. The molecule has 0 aromatic heterocycles. The van der Waals surface area contributed by atoms with Crippen LogP contribution in [0.2, 0.25) is 0 Å². The average molecular weight is 305 g/mol. The Morgan fingerprint density at radius 1 is 1.40 bits per heavy atom. The number of hydrogen-bond acceptors (Lipinski definition) is 4. The predicted octanol–water partition coefficient (Wildman–Crippen LogP) is 1.69. The minimum atomic E-state index is -0.799. The number of aliphatic hydroxyl groups excluding tert-OH is 1. The molecular weight excluding hydrogens is 274 g/mol. The quantitative estimate of drug-likeness (QED) is 0.680. The molecule has 1 aliphatic rings. The summed E-state index contributed by atoms with van der Waals surface area (Å²) in [6.07, 6.45) is 7.65. The smallest absolute Gasteiger partial charge is 0.0897 e. The fourth-order valence-electron chi connectivity index (χ4n) is 2.90. The predicted molar refractivity (Wildman–Crippen MR) is 84.4 cm³/mol. The molecule has 0 aromatic rings. The second kappa shape index (κ2) is 9.87. The number of rotatable bonds is 9. The van der Waals surface area contributed by atoms with E-state index >= 15 is 0 Å². The van der Waals surface area contributed by atoms with Crippen LogP contribution in [0.1, 0.15) is 46.0 Å². The summed E-state index contributed by atoms with van der Waals surface area (Å²) in [4.78, 5) is 0. The van der Waals surface area contributed by atoms with Crippen LogP contribution in [0.25, 0.3) is 0 Å². The Hall–Kier alpha value is 0.0300. The van der Waals surface area contributed by atoms with Crippen molar-refractivity contribution in [1.29, 1.82) is 0 Å². The lowest BCUT2D eigenvalue weighted by atomic mass is 9.85. The molecule has 5 heteroatoms. The van der Waals surface area contributed by atoms with Gasteiger partial charge in [0.1, 0.15) is 0 Å². The Bertz CT molecular complexity index is 288. The van der Waals surface area contributed by atoms with Crippen molar-refractivity contribution in [1.82, 2.24) is 5.32 Å². The summed E-state index contributed by atoms with van der Waals surface area (Å²) in [6.45, 7) is 5.11. The lowest BCUT2D eigenvalue weighted by molar-refractivity contribution is -0.0501. The monoisotopic (exact) mass is 305 g/mol. The van der Waals surface area contributed by atoms with Gasteiger partial charge in [-0.05, 0) is 25.7 Å². The van der Waals surface area contributed by atoms with Gasteiger partial charge >= 0.3 is 0 Å². The van der Waals surface area contributed by atoms with Gasteiger partial charge in [0.2, 0.25) is 0 Å². The standard InChI is InChI=1S/C15H31NO3S/c1-4-13-7-5-6-8-15(13)19-10-14(17)9-16-12(2)11-20(3)18/h12-17H,4-11H2,1-3H3. The molecular formula is C15H31NO3S. The third kappa shape index (κ3) is 7.16. The second-order valence-electron chi connectivity index (χ2n) is 6.03. The molecule has 1 rings (SSSR count). The van der Waals surface area contributed by atoms with Crippen LogP contribution in [0.3, 0.4) is 0 Å². The molecule has 1 saturated carbocycles. The fraction of sp³-hybridized carbons (Fsp3) is 1.00. The molecule has 5 atom stereocenters. The molecule has 0 heterocycles. The Balaban J connectivity index is 2.18. The first-order valence-corrected chi connectivity index (χ1v) is 9.58. The van der Waals surface area contributed by atoms with E-state index in [0.29, 0.717) is 30.9 Å². The van der Waals surface area contributed by atoms with Crippen molar-refractivity contribution >= 4 is 10.8 Å². The van der Waals surface area contributed by atoms with Gasteiger partial charge in [0.15, 0.2) is 0 Å². The van der Waals surface area contributed by atoms with E-state index in [1.807, 2.05) is 6.92 Å². The van der Waals surface area contributed by atoms with Crippen molar-refractivity contribution < 1.29 is 14.1 Å². The number of aliphatic hydroxyl groups is 1. The van der Waals surface area contributed by atoms with Crippen molar-refractivity contribution in [2.45, 2.75) is 64.2 Å². The maximum absolute atomic E-state index is 11.1. The Morgan fingerprint density at radius 2 is 2.10 bits per heavy atom. The van der Waals surface area contributed by atoms with Crippen molar-refractivity contribution in [2.24, 2.45) is 5.92 Å². The zero-order chi connectivity index (χ0) is 15.0. The van der Waals surface area contributed by atoms with Crippen molar-refractivity contribution in [2.75, 3.05) is 25.2 Å². The van der Waals surface area contributed by atoms with Crippen LogP contribution < -0.4 is 5.32 Å². The van der Waals surface area contributed by atoms with Crippen molar-refractivity contribution in [3.8, 4) is 0 Å². The van der Waals surface area contributed by atoms with Gasteiger partial charge in [-0.1, -0.05) is 26.2 Å². The van der Waals surface area contributed by atoms with Gasteiger partial charge in [0.05, 0.1) is 18.8 Å². The molecule has 20 heavy (non-hydrogen) atoms. The molecule has 0 aliphatic heterocycles. The lowest BCUT2D eigenvalue weighted by Gasteiger charge is -2.31. The molecule has 2 N–H and O–H groups in total. The van der Waals surface area contributed by atoms with E-state index in [2.05, 4.69) is 12.2 Å². The first-order chi connectivity index (χ1) is 9.52. The van der Waals surface area contributed by atoms with Gasteiger partial charge in [-0.25, -0.2) is 0 Å². The molecule has 0 spiro atoms. The highest BCUT2D eigenvalue weighted by molar-refractivity contribution is 7.84.